The van der Waals surface area contributed by atoms with Crippen LogP contribution in [0.25, 0.3) is 0 Å². The molecule has 0 spiro atoms. The van der Waals surface area contributed by atoms with Gasteiger partial charge in [0.2, 0.25) is 5.82 Å². The van der Waals surface area contributed by atoms with Gasteiger partial charge >= 0.3 is 5.97 Å². The summed E-state index contributed by atoms with van der Waals surface area (Å²) in [5, 5.41) is 12.2. The van der Waals surface area contributed by atoms with E-state index < -0.39 is 5.97 Å². The molecule has 2 rings (SSSR count). The summed E-state index contributed by atoms with van der Waals surface area (Å²) < 4.78 is 1.54. The summed E-state index contributed by atoms with van der Waals surface area (Å²) in [6, 6.07) is 0.597. The van der Waals surface area contributed by atoms with Crippen molar-refractivity contribution in [3.8, 4) is 0 Å². The summed E-state index contributed by atoms with van der Waals surface area (Å²) in [7, 11) is 1.70. The van der Waals surface area contributed by atoms with Gasteiger partial charge in [-0.05, 0) is 12.8 Å². The Morgan fingerprint density at radius 1 is 1.73 bits per heavy atom. The van der Waals surface area contributed by atoms with E-state index in [2.05, 4.69) is 10.3 Å². The average Bonchev–Trinajstić information content (AvgIpc) is 2.44. The van der Waals surface area contributed by atoms with Crippen LogP contribution < -0.4 is 5.32 Å². The molecule has 1 aromatic rings. The number of nitrogens with one attached hydrogen (secondary N) is 1. The van der Waals surface area contributed by atoms with Gasteiger partial charge in [0, 0.05) is 25.8 Å². The summed E-state index contributed by atoms with van der Waals surface area (Å²) in [4.78, 5) is 14.8. The highest BCUT2D eigenvalue weighted by atomic mass is 16.4. The van der Waals surface area contributed by atoms with Crippen LogP contribution in [0.5, 0.6) is 0 Å². The smallest absolute Gasteiger partial charge is 0.372 e. The number of rotatable bonds is 4. The molecule has 1 aliphatic carbocycles. The predicted molar refractivity (Wildman–Crippen MR) is 54.6 cm³/mol. The summed E-state index contributed by atoms with van der Waals surface area (Å²) in [6.45, 7) is 0.659. The van der Waals surface area contributed by atoms with Crippen LogP contribution in [0, 0.1) is 0 Å². The van der Waals surface area contributed by atoms with Crippen molar-refractivity contribution in [2.75, 3.05) is 0 Å². The van der Waals surface area contributed by atoms with Crippen molar-refractivity contribution in [1.82, 2.24) is 14.9 Å². The van der Waals surface area contributed by atoms with Crippen molar-refractivity contribution in [1.29, 1.82) is 0 Å². The first kappa shape index (κ1) is 10.2. The van der Waals surface area contributed by atoms with Crippen LogP contribution in [0.1, 0.15) is 35.6 Å². The Morgan fingerprint density at radius 3 is 2.93 bits per heavy atom. The van der Waals surface area contributed by atoms with Gasteiger partial charge in [0.1, 0.15) is 0 Å². The molecule has 2 N–H and O–H groups in total. The largest absolute Gasteiger partial charge is 0.475 e. The third kappa shape index (κ3) is 2.18. The molecule has 15 heavy (non-hydrogen) atoms. The summed E-state index contributed by atoms with van der Waals surface area (Å²) in [6.07, 6.45) is 5.49. The molecule has 0 atom stereocenters. The van der Waals surface area contributed by atoms with Gasteiger partial charge in [-0.1, -0.05) is 6.42 Å². The highest BCUT2D eigenvalue weighted by molar-refractivity contribution is 5.83. The van der Waals surface area contributed by atoms with E-state index in [1.165, 1.54) is 19.3 Å². The number of carbonyl (C=O) groups is 1. The Bertz CT molecular complexity index is 369. The van der Waals surface area contributed by atoms with Crippen molar-refractivity contribution in [3.05, 3.63) is 17.7 Å². The zero-order chi connectivity index (χ0) is 10.8. The number of aromatic nitrogens is 2. The molecular formula is C10H15N3O2. The van der Waals surface area contributed by atoms with Crippen molar-refractivity contribution < 1.29 is 9.90 Å². The lowest BCUT2D eigenvalue weighted by Gasteiger charge is -2.26. The molecule has 0 aliphatic heterocycles. The third-order valence-corrected chi connectivity index (χ3v) is 2.79. The van der Waals surface area contributed by atoms with Crippen molar-refractivity contribution in [2.45, 2.75) is 31.8 Å². The maximum Gasteiger partial charge on any atom is 0.372 e. The van der Waals surface area contributed by atoms with Gasteiger partial charge in [0.25, 0.3) is 0 Å². The minimum Gasteiger partial charge on any atom is -0.475 e. The molecule has 1 fully saturated rings. The van der Waals surface area contributed by atoms with Gasteiger partial charge in [-0.15, -0.1) is 0 Å². The molecule has 0 amide bonds. The summed E-state index contributed by atoms with van der Waals surface area (Å²) in [5.74, 6) is -0.882. The lowest BCUT2D eigenvalue weighted by molar-refractivity contribution is 0.0679. The second-order valence-electron chi connectivity index (χ2n) is 3.98. The number of aromatic carboxylic acids is 1. The lowest BCUT2D eigenvalue weighted by Crippen LogP contribution is -2.34. The van der Waals surface area contributed by atoms with E-state index in [-0.39, 0.29) is 5.82 Å². The highest BCUT2D eigenvalue weighted by Gasteiger charge is 2.17. The first-order valence-corrected chi connectivity index (χ1v) is 5.15. The molecule has 1 aromatic heterocycles. The molecule has 82 valence electrons. The molecule has 0 radical (unpaired) electrons. The summed E-state index contributed by atoms with van der Waals surface area (Å²) in [5.41, 5.74) is 0.793. The standard InChI is InChI=1S/C10H15N3O2/c1-13-6-8(12-9(13)10(14)15)5-11-7-3-2-4-7/h6-7,11H,2-5H2,1H3,(H,14,15). The zero-order valence-corrected chi connectivity index (χ0v) is 8.73. The van der Waals surface area contributed by atoms with Gasteiger partial charge in [-0.3, -0.25) is 0 Å². The van der Waals surface area contributed by atoms with E-state index in [1.54, 1.807) is 17.8 Å². The van der Waals surface area contributed by atoms with Crippen molar-refractivity contribution >= 4 is 5.97 Å². The fraction of sp³-hybridized carbons (Fsp3) is 0.600. The van der Waals surface area contributed by atoms with Gasteiger partial charge < -0.3 is 15.0 Å². The van der Waals surface area contributed by atoms with Crippen LogP contribution >= 0.6 is 0 Å². The molecule has 5 heteroatoms. The molecule has 1 saturated carbocycles. The molecule has 1 heterocycles. The van der Waals surface area contributed by atoms with E-state index in [4.69, 9.17) is 5.11 Å². The molecule has 1 aliphatic rings. The minimum absolute atomic E-state index is 0.0976. The maximum atomic E-state index is 10.7. The third-order valence-electron chi connectivity index (χ3n) is 2.79. The molecular weight excluding hydrogens is 194 g/mol. The second kappa shape index (κ2) is 4.02. The molecule has 0 aromatic carbocycles. The van der Waals surface area contributed by atoms with Gasteiger partial charge in [-0.25, -0.2) is 9.78 Å². The number of hydrogen-bond acceptors (Lipinski definition) is 3. The number of carboxylic acid groups (broad SMARTS) is 1. The first-order valence-electron chi connectivity index (χ1n) is 5.15. The van der Waals surface area contributed by atoms with Crippen molar-refractivity contribution in [3.63, 3.8) is 0 Å². The maximum absolute atomic E-state index is 10.7. The van der Waals surface area contributed by atoms with E-state index in [0.29, 0.717) is 12.6 Å². The minimum atomic E-state index is -0.979. The number of nitrogens with zero attached hydrogens (tertiary/aromatic N) is 2. The normalized spacial score (nSPS) is 16.3. The van der Waals surface area contributed by atoms with E-state index in [9.17, 15) is 4.79 Å². The Morgan fingerprint density at radius 2 is 2.47 bits per heavy atom. The lowest BCUT2D eigenvalue weighted by atomic mass is 9.93. The van der Waals surface area contributed by atoms with E-state index in [1.807, 2.05) is 0 Å². The number of imidazole rings is 1. The molecule has 0 unspecified atom stereocenters. The van der Waals surface area contributed by atoms with Gasteiger partial charge in [0.05, 0.1) is 5.69 Å². The molecule has 5 nitrogen and oxygen atoms in total. The fourth-order valence-corrected chi connectivity index (χ4v) is 1.67. The number of hydrogen-bond donors (Lipinski definition) is 2. The van der Waals surface area contributed by atoms with Crippen molar-refractivity contribution in [2.24, 2.45) is 7.05 Å². The van der Waals surface area contributed by atoms with Crippen LogP contribution in [-0.4, -0.2) is 26.7 Å². The van der Waals surface area contributed by atoms with Crippen LogP contribution in [-0.2, 0) is 13.6 Å². The van der Waals surface area contributed by atoms with Crippen LogP contribution in [0.15, 0.2) is 6.20 Å². The fourth-order valence-electron chi connectivity index (χ4n) is 1.67. The Balaban J connectivity index is 1.96. The molecule has 0 saturated heterocycles. The first-order chi connectivity index (χ1) is 7.16. The predicted octanol–water partition coefficient (Wildman–Crippen LogP) is 0.760. The van der Waals surface area contributed by atoms with Crippen LogP contribution in [0.2, 0.25) is 0 Å². The number of carboxylic acids is 1. The van der Waals surface area contributed by atoms with Gasteiger partial charge in [-0.2, -0.15) is 0 Å². The molecule has 0 bridgehead atoms. The monoisotopic (exact) mass is 209 g/mol. The SMILES string of the molecule is Cn1cc(CNC2CCC2)nc1C(=O)O. The van der Waals surface area contributed by atoms with Gasteiger partial charge in [0.15, 0.2) is 0 Å². The summed E-state index contributed by atoms with van der Waals surface area (Å²) >= 11 is 0. The van der Waals surface area contributed by atoms with Crippen LogP contribution in [0.3, 0.4) is 0 Å². The highest BCUT2D eigenvalue weighted by Crippen LogP contribution is 2.18. The Kier molecular flexibility index (Phi) is 2.73. The number of aryl methyl sites for hydroxylation is 1. The van der Waals surface area contributed by atoms with Crippen LogP contribution in [0.4, 0.5) is 0 Å². The average molecular weight is 209 g/mol. The zero-order valence-electron chi connectivity index (χ0n) is 8.73. The second-order valence-corrected chi connectivity index (χ2v) is 3.98. The van der Waals surface area contributed by atoms with E-state index >= 15 is 0 Å². The van der Waals surface area contributed by atoms with E-state index in [0.717, 1.165) is 5.69 Å². The Hall–Kier alpha value is -1.36. The quantitative estimate of drug-likeness (QED) is 0.768. The topological polar surface area (TPSA) is 67.2 Å². The Labute approximate surface area is 88.1 Å².